The molecule has 0 aliphatic carbocycles. The van der Waals surface area contributed by atoms with Crippen LogP contribution in [0.2, 0.25) is 0 Å². The van der Waals surface area contributed by atoms with E-state index in [1.165, 1.54) is 12.1 Å². The predicted octanol–water partition coefficient (Wildman–Crippen LogP) is 15.5. The molecule has 0 saturated heterocycles. The maximum absolute atomic E-state index is 15.6. The van der Waals surface area contributed by atoms with Gasteiger partial charge in [0.1, 0.15) is 0 Å². The van der Waals surface area contributed by atoms with Gasteiger partial charge in [-0.2, -0.15) is 26.3 Å². The van der Waals surface area contributed by atoms with Crippen LogP contribution < -0.4 is 0 Å². The number of benzene rings is 8. The molecule has 294 valence electrons. The predicted molar refractivity (Wildman–Crippen MR) is 231 cm³/mol. The van der Waals surface area contributed by atoms with E-state index in [4.69, 9.17) is 0 Å². The molecule has 0 atom stereocenters. The van der Waals surface area contributed by atoms with E-state index >= 15 is 13.2 Å². The van der Waals surface area contributed by atoms with Crippen molar-refractivity contribution in [1.29, 1.82) is 0 Å². The Bertz CT molecular complexity index is 3290. The highest BCUT2D eigenvalue weighted by Crippen LogP contribution is 2.46. The van der Waals surface area contributed by atoms with Crippen LogP contribution in [0.1, 0.15) is 22.3 Å². The quantitative estimate of drug-likeness (QED) is 0.153. The molecule has 2 aromatic heterocycles. The van der Waals surface area contributed by atoms with E-state index in [9.17, 15) is 13.2 Å². The fourth-order valence-electron chi connectivity index (χ4n) is 8.59. The van der Waals surface area contributed by atoms with Crippen molar-refractivity contribution in [3.63, 3.8) is 0 Å². The number of aryl methyl sites for hydroxylation is 2. The Labute approximate surface area is 341 Å². The lowest BCUT2D eigenvalue weighted by Gasteiger charge is -2.22. The fourth-order valence-corrected chi connectivity index (χ4v) is 8.59. The van der Waals surface area contributed by atoms with E-state index in [1.54, 1.807) is 0 Å². The van der Waals surface area contributed by atoms with Crippen LogP contribution in [0.15, 0.2) is 170 Å². The first-order valence-electron chi connectivity index (χ1n) is 19.5. The molecular weight excluding hydrogens is 767 g/mol. The monoisotopic (exact) mass is 800 g/mol. The molecule has 0 saturated carbocycles. The van der Waals surface area contributed by atoms with Gasteiger partial charge in [-0.25, -0.2) is 0 Å². The summed E-state index contributed by atoms with van der Waals surface area (Å²) in [5.74, 6) is 0. The van der Waals surface area contributed by atoms with E-state index < -0.39 is 23.5 Å². The van der Waals surface area contributed by atoms with E-state index in [-0.39, 0.29) is 16.8 Å². The van der Waals surface area contributed by atoms with Crippen molar-refractivity contribution in [1.82, 2.24) is 9.13 Å². The Morgan fingerprint density at radius 1 is 0.350 bits per heavy atom. The number of hydrogen-bond donors (Lipinski definition) is 0. The molecule has 8 heteroatoms. The number of halogens is 6. The van der Waals surface area contributed by atoms with Gasteiger partial charge in [0.15, 0.2) is 0 Å². The van der Waals surface area contributed by atoms with Gasteiger partial charge >= 0.3 is 12.4 Å². The van der Waals surface area contributed by atoms with E-state index in [1.807, 2.05) is 132 Å². The fraction of sp³-hybridized carbons (Fsp3) is 0.0769. The van der Waals surface area contributed by atoms with Crippen LogP contribution in [0.4, 0.5) is 26.3 Å². The lowest BCUT2D eigenvalue weighted by molar-refractivity contribution is -0.137. The van der Waals surface area contributed by atoms with Crippen molar-refractivity contribution < 1.29 is 26.3 Å². The molecule has 0 radical (unpaired) electrons. The van der Waals surface area contributed by atoms with Gasteiger partial charge in [0, 0.05) is 21.5 Å². The van der Waals surface area contributed by atoms with Gasteiger partial charge < -0.3 is 9.13 Å². The van der Waals surface area contributed by atoms with Gasteiger partial charge in [0.25, 0.3) is 0 Å². The lowest BCUT2D eigenvalue weighted by atomic mass is 9.95. The molecule has 0 spiro atoms. The molecule has 0 fully saturated rings. The average Bonchev–Trinajstić information content (AvgIpc) is 3.75. The third-order valence-corrected chi connectivity index (χ3v) is 11.5. The Morgan fingerprint density at radius 3 is 1.28 bits per heavy atom. The zero-order valence-electron chi connectivity index (χ0n) is 32.3. The second kappa shape index (κ2) is 13.8. The van der Waals surface area contributed by atoms with Crippen molar-refractivity contribution in [3.8, 4) is 44.8 Å². The van der Waals surface area contributed by atoms with Crippen LogP contribution >= 0.6 is 0 Å². The van der Waals surface area contributed by atoms with Crippen molar-refractivity contribution in [3.05, 3.63) is 192 Å². The summed E-state index contributed by atoms with van der Waals surface area (Å²) in [6.07, 6.45) is -9.70. The standard InChI is InChI=1S/C52H34F6N2/c1-31-14-18-33(19-15-31)35-22-24-47-42(27-35)39-10-3-5-12-45(39)59(47)49-29-41(37-8-7-9-38(26-37)51(53,54)55)44(52(56,57)58)30-50(49)60-46-13-6-4-11-40(46)43-28-36(23-25-48(43)60)34-20-16-32(2)17-21-34/h3-30H,1-2H3. The summed E-state index contributed by atoms with van der Waals surface area (Å²) in [6, 6.07) is 50.3. The first-order valence-corrected chi connectivity index (χ1v) is 19.5. The Hall–Kier alpha value is -7.06. The number of hydrogen-bond acceptors (Lipinski definition) is 0. The molecule has 0 aliphatic heterocycles. The second-order valence-electron chi connectivity index (χ2n) is 15.4. The summed E-state index contributed by atoms with van der Waals surface area (Å²) >= 11 is 0. The van der Waals surface area contributed by atoms with Crippen LogP contribution in [0.25, 0.3) is 88.4 Å². The smallest absolute Gasteiger partial charge is 0.307 e. The Kier molecular flexibility index (Phi) is 8.54. The third-order valence-electron chi connectivity index (χ3n) is 11.5. The van der Waals surface area contributed by atoms with Gasteiger partial charge in [0.2, 0.25) is 0 Å². The number of rotatable bonds is 5. The minimum Gasteiger partial charge on any atom is -0.307 e. The SMILES string of the molecule is Cc1ccc(-c2ccc3c(c2)c2ccccc2n3-c2cc(-c3cccc(C(F)(F)F)c3)c(C(F)(F)F)cc2-n2c3ccccc3c3cc(-c4ccc(C)cc4)ccc32)cc1. The highest BCUT2D eigenvalue weighted by Gasteiger charge is 2.37. The number of alkyl halides is 6. The van der Waals surface area contributed by atoms with Gasteiger partial charge in [-0.1, -0.05) is 120 Å². The minimum absolute atomic E-state index is 0.197. The molecule has 10 aromatic rings. The van der Waals surface area contributed by atoms with Crippen molar-refractivity contribution in [2.24, 2.45) is 0 Å². The van der Waals surface area contributed by atoms with Gasteiger partial charge in [-0.05, 0) is 108 Å². The van der Waals surface area contributed by atoms with E-state index in [0.29, 0.717) is 16.7 Å². The second-order valence-corrected chi connectivity index (χ2v) is 15.4. The summed E-state index contributed by atoms with van der Waals surface area (Å²) in [7, 11) is 0. The highest BCUT2D eigenvalue weighted by atomic mass is 19.4. The zero-order valence-corrected chi connectivity index (χ0v) is 32.3. The normalized spacial score (nSPS) is 12.3. The van der Waals surface area contributed by atoms with Gasteiger partial charge in [-0.3, -0.25) is 0 Å². The van der Waals surface area contributed by atoms with Crippen molar-refractivity contribution in [2.75, 3.05) is 0 Å². The third kappa shape index (κ3) is 6.22. The maximum Gasteiger partial charge on any atom is 0.417 e. The summed E-state index contributed by atoms with van der Waals surface area (Å²) in [5.41, 5.74) is 6.93. The molecule has 2 nitrogen and oxygen atoms in total. The number of para-hydroxylation sites is 2. The van der Waals surface area contributed by atoms with Crippen LogP contribution in [-0.2, 0) is 12.4 Å². The Balaban J connectivity index is 1.33. The molecule has 2 heterocycles. The lowest BCUT2D eigenvalue weighted by Crippen LogP contribution is -2.12. The molecule has 0 unspecified atom stereocenters. The van der Waals surface area contributed by atoms with Crippen molar-refractivity contribution >= 4 is 43.6 Å². The first kappa shape index (κ1) is 37.2. The molecule has 0 amide bonds. The van der Waals surface area contributed by atoms with E-state index in [2.05, 4.69) is 24.3 Å². The molecule has 60 heavy (non-hydrogen) atoms. The number of nitrogens with zero attached hydrogens (tertiary/aromatic N) is 2. The first-order chi connectivity index (χ1) is 28.8. The van der Waals surface area contributed by atoms with Crippen LogP contribution in [0.3, 0.4) is 0 Å². The molecule has 0 aliphatic rings. The van der Waals surface area contributed by atoms with Gasteiger partial charge in [-0.15, -0.1) is 0 Å². The number of fused-ring (bicyclic) bond motifs is 6. The summed E-state index contributed by atoms with van der Waals surface area (Å²) in [4.78, 5) is 0. The van der Waals surface area contributed by atoms with E-state index in [0.717, 1.165) is 90.2 Å². The van der Waals surface area contributed by atoms with Crippen LogP contribution in [0.5, 0.6) is 0 Å². The maximum atomic E-state index is 15.6. The molecule has 10 rings (SSSR count). The summed E-state index contributed by atoms with van der Waals surface area (Å²) < 4.78 is 92.8. The topological polar surface area (TPSA) is 9.86 Å². The van der Waals surface area contributed by atoms with Crippen LogP contribution in [0, 0.1) is 13.8 Å². The number of aromatic nitrogens is 2. The Morgan fingerprint density at radius 2 is 0.800 bits per heavy atom. The van der Waals surface area contributed by atoms with Crippen LogP contribution in [-0.4, -0.2) is 9.13 Å². The molecule has 8 aromatic carbocycles. The van der Waals surface area contributed by atoms with Gasteiger partial charge in [0.05, 0.1) is 44.6 Å². The highest BCUT2D eigenvalue weighted by molar-refractivity contribution is 6.13. The largest absolute Gasteiger partial charge is 0.417 e. The molecule has 0 bridgehead atoms. The molecule has 0 N–H and O–H groups in total. The summed E-state index contributed by atoms with van der Waals surface area (Å²) in [6.45, 7) is 4.04. The average molecular weight is 801 g/mol. The zero-order chi connectivity index (χ0) is 41.5. The van der Waals surface area contributed by atoms with Crippen molar-refractivity contribution in [2.45, 2.75) is 26.2 Å². The minimum atomic E-state index is -4.93. The molecular formula is C52H34F6N2. The summed E-state index contributed by atoms with van der Waals surface area (Å²) in [5, 5.41) is 3.43.